The van der Waals surface area contributed by atoms with Crippen LogP contribution in [0.5, 0.6) is 0 Å². The highest BCUT2D eigenvalue weighted by atomic mass is 16.3. The summed E-state index contributed by atoms with van der Waals surface area (Å²) in [6.45, 7) is 7.48. The van der Waals surface area contributed by atoms with E-state index in [9.17, 15) is 9.90 Å². The summed E-state index contributed by atoms with van der Waals surface area (Å²) in [5, 5.41) is 12.6. The number of anilines is 1. The third-order valence-electron chi connectivity index (χ3n) is 4.85. The van der Waals surface area contributed by atoms with Crippen LogP contribution < -0.4 is 10.2 Å². The Morgan fingerprint density at radius 3 is 2.44 bits per heavy atom. The molecule has 0 bridgehead atoms. The Kier molecular flexibility index (Phi) is 5.13. The van der Waals surface area contributed by atoms with Crippen LogP contribution in [0, 0.1) is 13.8 Å². The van der Waals surface area contributed by atoms with Gasteiger partial charge in [0, 0.05) is 29.9 Å². The summed E-state index contributed by atoms with van der Waals surface area (Å²) >= 11 is 0. The number of aliphatic hydroxyl groups excluding tert-OH is 1. The van der Waals surface area contributed by atoms with Gasteiger partial charge in [0.15, 0.2) is 0 Å². The monoisotopic (exact) mass is 342 g/mol. The van der Waals surface area contributed by atoms with Crippen molar-refractivity contribution < 1.29 is 14.3 Å². The number of hydrogen-bond acceptors (Lipinski definition) is 4. The smallest absolute Gasteiger partial charge is 0.251 e. The molecule has 2 N–H and O–H groups in total. The number of hydrogen-bond donors (Lipinski definition) is 2. The maximum atomic E-state index is 12.5. The highest BCUT2D eigenvalue weighted by Gasteiger charge is 2.19. The van der Waals surface area contributed by atoms with Gasteiger partial charge in [0.1, 0.15) is 11.5 Å². The van der Waals surface area contributed by atoms with Crippen LogP contribution in [0.3, 0.4) is 0 Å². The number of nitrogens with one attached hydrogen (secondary N) is 1. The van der Waals surface area contributed by atoms with Crippen molar-refractivity contribution in [1.29, 1.82) is 0 Å². The van der Waals surface area contributed by atoms with Crippen molar-refractivity contribution >= 4 is 11.6 Å². The lowest BCUT2D eigenvalue weighted by Crippen LogP contribution is -2.35. The largest absolute Gasteiger partial charge is 0.466 e. The molecule has 1 saturated heterocycles. The highest BCUT2D eigenvalue weighted by molar-refractivity contribution is 5.94. The molecular formula is C20H26N2O3. The summed E-state index contributed by atoms with van der Waals surface area (Å²) in [5.74, 6) is 1.60. The lowest BCUT2D eigenvalue weighted by molar-refractivity contribution is 0.0939. The Balaban J connectivity index is 1.63. The first kappa shape index (κ1) is 17.5. The van der Waals surface area contributed by atoms with Crippen molar-refractivity contribution in [2.75, 3.05) is 18.0 Å². The third-order valence-corrected chi connectivity index (χ3v) is 4.85. The van der Waals surface area contributed by atoms with Gasteiger partial charge in [-0.3, -0.25) is 4.79 Å². The van der Waals surface area contributed by atoms with Gasteiger partial charge in [-0.25, -0.2) is 0 Å². The Morgan fingerprint density at radius 2 is 1.88 bits per heavy atom. The van der Waals surface area contributed by atoms with E-state index in [-0.39, 0.29) is 18.1 Å². The van der Waals surface area contributed by atoms with E-state index in [1.54, 1.807) is 0 Å². The van der Waals surface area contributed by atoms with Gasteiger partial charge in [0.05, 0.1) is 12.1 Å². The van der Waals surface area contributed by atoms with E-state index in [1.807, 2.05) is 51.1 Å². The zero-order valence-corrected chi connectivity index (χ0v) is 15.1. The summed E-state index contributed by atoms with van der Waals surface area (Å²) < 4.78 is 5.54. The van der Waals surface area contributed by atoms with Crippen LogP contribution in [0.1, 0.15) is 53.2 Å². The Bertz CT molecular complexity index is 728. The van der Waals surface area contributed by atoms with Gasteiger partial charge < -0.3 is 19.7 Å². The molecule has 2 heterocycles. The van der Waals surface area contributed by atoms with Gasteiger partial charge in [0.2, 0.25) is 0 Å². The van der Waals surface area contributed by atoms with E-state index in [0.29, 0.717) is 5.56 Å². The molecule has 1 aliphatic rings. The van der Waals surface area contributed by atoms with Crippen LogP contribution in [0.2, 0.25) is 0 Å². The minimum Gasteiger partial charge on any atom is -0.466 e. The third kappa shape index (κ3) is 4.04. The van der Waals surface area contributed by atoms with Gasteiger partial charge in [-0.05, 0) is 63.9 Å². The number of aryl methyl sites for hydroxylation is 2. The predicted molar refractivity (Wildman–Crippen MR) is 98.0 cm³/mol. The van der Waals surface area contributed by atoms with Crippen LogP contribution in [-0.2, 0) is 0 Å². The number of rotatable bonds is 4. The first-order chi connectivity index (χ1) is 11.9. The average molecular weight is 342 g/mol. The fourth-order valence-electron chi connectivity index (χ4n) is 3.39. The molecule has 5 nitrogen and oxygen atoms in total. The second-order valence-corrected chi connectivity index (χ2v) is 6.83. The SMILES string of the molecule is Cc1cc(C(C)NC(=O)c2ccc(N3CCC(O)CC3)cc2)c(C)o1. The van der Waals surface area contributed by atoms with E-state index in [1.165, 1.54) is 0 Å². The number of aliphatic hydroxyl groups is 1. The molecule has 25 heavy (non-hydrogen) atoms. The topological polar surface area (TPSA) is 65.7 Å². The van der Waals surface area contributed by atoms with E-state index in [0.717, 1.165) is 48.7 Å². The number of carbonyl (C=O) groups excluding carboxylic acids is 1. The molecule has 1 aromatic heterocycles. The molecule has 0 saturated carbocycles. The minimum absolute atomic E-state index is 0.0913. The van der Waals surface area contributed by atoms with E-state index in [2.05, 4.69) is 10.2 Å². The molecule has 0 radical (unpaired) electrons. The first-order valence-corrected chi connectivity index (χ1v) is 8.85. The van der Waals surface area contributed by atoms with Crippen molar-refractivity contribution in [2.45, 2.75) is 45.8 Å². The number of benzene rings is 1. The maximum Gasteiger partial charge on any atom is 0.251 e. The zero-order chi connectivity index (χ0) is 18.0. The second-order valence-electron chi connectivity index (χ2n) is 6.83. The van der Waals surface area contributed by atoms with Crippen LogP contribution >= 0.6 is 0 Å². The van der Waals surface area contributed by atoms with Crippen molar-refractivity contribution in [1.82, 2.24) is 5.32 Å². The molecule has 3 rings (SSSR count). The fourth-order valence-corrected chi connectivity index (χ4v) is 3.39. The molecule has 0 spiro atoms. The molecule has 2 aromatic rings. The number of carbonyl (C=O) groups is 1. The summed E-state index contributed by atoms with van der Waals surface area (Å²) in [7, 11) is 0. The van der Waals surface area contributed by atoms with Crippen molar-refractivity contribution in [2.24, 2.45) is 0 Å². The molecule has 0 aliphatic carbocycles. The Labute approximate surface area is 148 Å². The van der Waals surface area contributed by atoms with Gasteiger partial charge in [-0.1, -0.05) is 0 Å². The molecule has 1 aliphatic heterocycles. The van der Waals surface area contributed by atoms with Gasteiger partial charge in [-0.2, -0.15) is 0 Å². The van der Waals surface area contributed by atoms with Crippen LogP contribution in [0.25, 0.3) is 0 Å². The number of nitrogens with zero attached hydrogens (tertiary/aromatic N) is 1. The Morgan fingerprint density at radius 1 is 1.24 bits per heavy atom. The molecular weight excluding hydrogens is 316 g/mol. The fraction of sp³-hybridized carbons (Fsp3) is 0.450. The van der Waals surface area contributed by atoms with E-state index < -0.39 is 0 Å². The van der Waals surface area contributed by atoms with E-state index in [4.69, 9.17) is 4.42 Å². The molecule has 1 aromatic carbocycles. The van der Waals surface area contributed by atoms with E-state index >= 15 is 0 Å². The standard InChI is InChI=1S/C20H26N2O3/c1-13-12-19(15(3)25-13)14(2)21-20(24)16-4-6-17(7-5-16)22-10-8-18(23)9-11-22/h4-7,12,14,18,23H,8-11H2,1-3H3,(H,21,24). The van der Waals surface area contributed by atoms with Crippen molar-refractivity contribution in [3.63, 3.8) is 0 Å². The van der Waals surface area contributed by atoms with Crippen LogP contribution in [0.4, 0.5) is 5.69 Å². The molecule has 1 unspecified atom stereocenters. The highest BCUT2D eigenvalue weighted by Crippen LogP contribution is 2.23. The van der Waals surface area contributed by atoms with Crippen LogP contribution in [-0.4, -0.2) is 30.2 Å². The van der Waals surface area contributed by atoms with Gasteiger partial charge in [0.25, 0.3) is 5.91 Å². The van der Waals surface area contributed by atoms with Gasteiger partial charge in [-0.15, -0.1) is 0 Å². The summed E-state index contributed by atoms with van der Waals surface area (Å²) in [4.78, 5) is 14.7. The summed E-state index contributed by atoms with van der Waals surface area (Å²) in [6, 6.07) is 9.53. The summed E-state index contributed by atoms with van der Waals surface area (Å²) in [6.07, 6.45) is 1.41. The van der Waals surface area contributed by atoms with Gasteiger partial charge >= 0.3 is 0 Å². The minimum atomic E-state index is -0.183. The molecule has 1 fully saturated rings. The quantitative estimate of drug-likeness (QED) is 0.894. The number of furan rings is 1. The van der Waals surface area contributed by atoms with Crippen molar-refractivity contribution in [3.05, 3.63) is 53.0 Å². The maximum absolute atomic E-state index is 12.5. The predicted octanol–water partition coefficient (Wildman–Crippen LogP) is 3.35. The summed E-state index contributed by atoms with van der Waals surface area (Å²) in [5.41, 5.74) is 2.75. The lowest BCUT2D eigenvalue weighted by atomic mass is 10.1. The average Bonchev–Trinajstić information content (AvgIpc) is 2.94. The molecule has 134 valence electrons. The number of amides is 1. The number of piperidine rings is 1. The molecule has 5 heteroatoms. The second kappa shape index (κ2) is 7.31. The van der Waals surface area contributed by atoms with Crippen LogP contribution in [0.15, 0.2) is 34.7 Å². The molecule has 1 atom stereocenters. The zero-order valence-electron chi connectivity index (χ0n) is 15.1. The normalized spacial score (nSPS) is 16.7. The molecule has 1 amide bonds. The lowest BCUT2D eigenvalue weighted by Gasteiger charge is -2.31. The van der Waals surface area contributed by atoms with Crippen molar-refractivity contribution in [3.8, 4) is 0 Å². The Hall–Kier alpha value is -2.27. The first-order valence-electron chi connectivity index (χ1n) is 8.85.